The van der Waals surface area contributed by atoms with Crippen molar-refractivity contribution in [3.05, 3.63) is 16.3 Å². The smallest absolute Gasteiger partial charge is 0.239 e. The molecule has 1 aromatic heterocycles. The summed E-state index contributed by atoms with van der Waals surface area (Å²) in [5.41, 5.74) is 0. The van der Waals surface area contributed by atoms with E-state index in [4.69, 9.17) is 5.14 Å². The summed E-state index contributed by atoms with van der Waals surface area (Å²) in [7, 11) is -3.68. The van der Waals surface area contributed by atoms with Gasteiger partial charge in [0.25, 0.3) is 0 Å². The van der Waals surface area contributed by atoms with Crippen LogP contribution in [0.2, 0.25) is 0 Å². The average Bonchev–Trinajstić information content (AvgIpc) is 2.76. The molecule has 5 nitrogen and oxygen atoms in total. The van der Waals surface area contributed by atoms with Crippen LogP contribution in [0.4, 0.5) is 0 Å². The molecule has 0 saturated carbocycles. The first-order valence-electron chi connectivity index (χ1n) is 4.85. The number of rotatable bonds is 3. The number of likely N-dealkylation sites (tertiary alicyclic amines) is 1. The van der Waals surface area contributed by atoms with Crippen molar-refractivity contribution in [3.8, 4) is 0 Å². The lowest BCUT2D eigenvalue weighted by atomic mass is 10.4. The number of amides is 1. The zero-order valence-electron chi connectivity index (χ0n) is 8.55. The van der Waals surface area contributed by atoms with E-state index in [2.05, 4.69) is 0 Å². The quantitative estimate of drug-likeness (QED) is 0.860. The van der Waals surface area contributed by atoms with Crippen molar-refractivity contribution in [2.45, 2.75) is 24.3 Å². The molecule has 1 aliphatic heterocycles. The fourth-order valence-electron chi connectivity index (χ4n) is 1.74. The summed E-state index contributed by atoms with van der Waals surface area (Å²) in [6.45, 7) is 1.04. The van der Waals surface area contributed by atoms with Crippen molar-refractivity contribution < 1.29 is 13.2 Å². The molecule has 0 radical (unpaired) electrons. The fourth-order valence-corrected chi connectivity index (χ4v) is 3.74. The highest BCUT2D eigenvalue weighted by Gasteiger charge is 2.23. The lowest BCUT2D eigenvalue weighted by Gasteiger charge is -2.14. The van der Waals surface area contributed by atoms with Gasteiger partial charge in [-0.25, -0.2) is 13.6 Å². The van der Waals surface area contributed by atoms with Gasteiger partial charge >= 0.3 is 0 Å². The molecule has 0 aliphatic carbocycles. The van der Waals surface area contributed by atoms with E-state index < -0.39 is 10.0 Å². The summed E-state index contributed by atoms with van der Waals surface area (Å²) in [6, 6.07) is 1.48. The Hall–Kier alpha value is -0.920. The molecule has 1 aliphatic rings. The number of hydrogen-bond donors (Lipinski definition) is 1. The topological polar surface area (TPSA) is 80.5 Å². The third kappa shape index (κ3) is 2.26. The van der Waals surface area contributed by atoms with Gasteiger partial charge in [-0.2, -0.15) is 0 Å². The van der Waals surface area contributed by atoms with Crippen LogP contribution in [0.1, 0.15) is 17.7 Å². The molecule has 7 heteroatoms. The number of hydrogen-bond acceptors (Lipinski definition) is 4. The molecule has 0 bridgehead atoms. The molecular formula is C9H12N2O3S2. The maximum atomic E-state index is 11.4. The van der Waals surface area contributed by atoms with Gasteiger partial charge in [-0.15, -0.1) is 11.3 Å². The highest BCUT2D eigenvalue weighted by molar-refractivity contribution is 7.89. The monoisotopic (exact) mass is 260 g/mol. The first-order valence-corrected chi connectivity index (χ1v) is 7.28. The van der Waals surface area contributed by atoms with E-state index in [0.717, 1.165) is 6.42 Å². The summed E-state index contributed by atoms with van der Waals surface area (Å²) in [6.07, 6.45) is 1.39. The molecule has 2 N–H and O–H groups in total. The first kappa shape index (κ1) is 11.6. The van der Waals surface area contributed by atoms with Crippen LogP contribution >= 0.6 is 11.3 Å². The van der Waals surface area contributed by atoms with Crippen molar-refractivity contribution in [2.75, 3.05) is 6.54 Å². The number of sulfonamides is 1. The van der Waals surface area contributed by atoms with Gasteiger partial charge in [0.2, 0.25) is 15.9 Å². The molecule has 0 atom stereocenters. The predicted octanol–water partition coefficient (Wildman–Crippen LogP) is 0.518. The Morgan fingerprint density at radius 3 is 2.81 bits per heavy atom. The minimum absolute atomic E-state index is 0.0776. The van der Waals surface area contributed by atoms with Crippen LogP contribution in [0.3, 0.4) is 0 Å². The molecule has 2 rings (SSSR count). The molecular weight excluding hydrogens is 248 g/mol. The van der Waals surface area contributed by atoms with Crippen LogP contribution in [0, 0.1) is 0 Å². The average molecular weight is 260 g/mol. The van der Waals surface area contributed by atoms with Gasteiger partial charge in [0.15, 0.2) is 0 Å². The lowest BCUT2D eigenvalue weighted by Crippen LogP contribution is -2.24. The summed E-state index contributed by atoms with van der Waals surface area (Å²) in [5.74, 6) is 0.0776. The Kier molecular flexibility index (Phi) is 3.00. The highest BCUT2D eigenvalue weighted by Crippen LogP contribution is 2.24. The number of carbonyl (C=O) groups is 1. The van der Waals surface area contributed by atoms with E-state index in [1.165, 1.54) is 17.4 Å². The molecule has 0 unspecified atom stereocenters. The maximum Gasteiger partial charge on any atom is 0.239 e. The SMILES string of the molecule is NS(=O)(=O)c1ccsc1CN1CCCC1=O. The van der Waals surface area contributed by atoms with E-state index in [1.54, 1.807) is 10.3 Å². The number of nitrogens with zero attached hydrogens (tertiary/aromatic N) is 1. The van der Waals surface area contributed by atoms with Crippen LogP contribution in [0.25, 0.3) is 0 Å². The maximum absolute atomic E-state index is 11.4. The van der Waals surface area contributed by atoms with E-state index >= 15 is 0 Å². The number of nitrogens with two attached hydrogens (primary N) is 1. The Balaban J connectivity index is 2.22. The second-order valence-electron chi connectivity index (χ2n) is 3.67. The van der Waals surface area contributed by atoms with Gasteiger partial charge < -0.3 is 4.90 Å². The van der Waals surface area contributed by atoms with Gasteiger partial charge in [0, 0.05) is 17.8 Å². The molecule has 88 valence electrons. The van der Waals surface area contributed by atoms with Crippen LogP contribution < -0.4 is 5.14 Å². The van der Waals surface area contributed by atoms with Crippen molar-refractivity contribution in [1.29, 1.82) is 0 Å². The molecule has 2 heterocycles. The summed E-state index contributed by atoms with van der Waals surface area (Å²) < 4.78 is 22.5. The third-order valence-electron chi connectivity index (χ3n) is 2.52. The molecule has 0 aromatic carbocycles. The standard InChI is InChI=1S/C9H12N2O3S2/c10-16(13,14)8-3-5-15-7(8)6-11-4-1-2-9(11)12/h3,5H,1-2,4,6H2,(H2,10,13,14). The number of thiophene rings is 1. The van der Waals surface area contributed by atoms with Gasteiger partial charge in [-0.1, -0.05) is 0 Å². The molecule has 16 heavy (non-hydrogen) atoms. The molecule has 1 aromatic rings. The van der Waals surface area contributed by atoms with Gasteiger partial charge in [-0.3, -0.25) is 4.79 Å². The van der Waals surface area contributed by atoms with Crippen LogP contribution in [-0.4, -0.2) is 25.8 Å². The van der Waals surface area contributed by atoms with Gasteiger partial charge in [0.05, 0.1) is 11.4 Å². The molecule has 0 spiro atoms. The Labute approximate surface area is 97.9 Å². The van der Waals surface area contributed by atoms with Crippen molar-refractivity contribution in [3.63, 3.8) is 0 Å². The van der Waals surface area contributed by atoms with E-state index in [9.17, 15) is 13.2 Å². The van der Waals surface area contributed by atoms with Gasteiger partial charge in [0.1, 0.15) is 0 Å². The molecule has 1 fully saturated rings. The fraction of sp³-hybridized carbons (Fsp3) is 0.444. The van der Waals surface area contributed by atoms with Crippen LogP contribution in [0.5, 0.6) is 0 Å². The minimum Gasteiger partial charge on any atom is -0.337 e. The van der Waals surface area contributed by atoms with Crippen molar-refractivity contribution >= 4 is 27.3 Å². The molecule has 1 saturated heterocycles. The van der Waals surface area contributed by atoms with Crippen LogP contribution in [-0.2, 0) is 21.4 Å². The largest absolute Gasteiger partial charge is 0.337 e. The molecule has 1 amide bonds. The second-order valence-corrected chi connectivity index (χ2v) is 6.20. The van der Waals surface area contributed by atoms with Gasteiger partial charge in [-0.05, 0) is 17.9 Å². The zero-order chi connectivity index (χ0) is 11.8. The number of primary sulfonamides is 1. The minimum atomic E-state index is -3.68. The highest BCUT2D eigenvalue weighted by atomic mass is 32.2. The van der Waals surface area contributed by atoms with E-state index in [1.807, 2.05) is 0 Å². The van der Waals surface area contributed by atoms with Crippen molar-refractivity contribution in [1.82, 2.24) is 4.90 Å². The Morgan fingerprint density at radius 2 is 2.25 bits per heavy atom. The second kappa shape index (κ2) is 4.15. The van der Waals surface area contributed by atoms with Crippen LogP contribution in [0.15, 0.2) is 16.3 Å². The predicted molar refractivity (Wildman–Crippen MR) is 60.3 cm³/mol. The zero-order valence-corrected chi connectivity index (χ0v) is 10.2. The third-order valence-corrected chi connectivity index (χ3v) is 4.55. The first-order chi connectivity index (χ1) is 7.48. The summed E-state index contributed by atoms with van der Waals surface area (Å²) >= 11 is 1.31. The lowest BCUT2D eigenvalue weighted by molar-refractivity contribution is -0.128. The Bertz CT molecular complexity index is 507. The van der Waals surface area contributed by atoms with E-state index in [-0.39, 0.29) is 10.8 Å². The Morgan fingerprint density at radius 1 is 1.50 bits per heavy atom. The normalized spacial score (nSPS) is 17.1. The van der Waals surface area contributed by atoms with Crippen molar-refractivity contribution in [2.24, 2.45) is 5.14 Å². The summed E-state index contributed by atoms with van der Waals surface area (Å²) in [5, 5.41) is 6.76. The van der Waals surface area contributed by atoms with E-state index in [0.29, 0.717) is 24.4 Å². The number of carbonyl (C=O) groups excluding carboxylic acids is 1. The summed E-state index contributed by atoms with van der Waals surface area (Å²) in [4.78, 5) is 13.9.